The van der Waals surface area contributed by atoms with Gasteiger partial charge < -0.3 is 16.0 Å². The third kappa shape index (κ3) is 3.49. The lowest BCUT2D eigenvalue weighted by atomic mass is 10.1. The van der Waals surface area contributed by atoms with Gasteiger partial charge in [-0.25, -0.2) is 0 Å². The molecule has 1 atom stereocenters. The molecule has 1 aromatic rings. The van der Waals surface area contributed by atoms with Crippen molar-refractivity contribution in [3.05, 3.63) is 22.2 Å². The number of nitrogens with zero attached hydrogens (tertiary/aromatic N) is 1. The Morgan fingerprint density at radius 3 is 2.67 bits per heavy atom. The van der Waals surface area contributed by atoms with E-state index < -0.39 is 18.8 Å². The van der Waals surface area contributed by atoms with Gasteiger partial charge >= 0.3 is 6.18 Å². The number of anilines is 2. The molecule has 1 aliphatic heterocycles. The molecule has 1 aliphatic rings. The maximum absolute atomic E-state index is 12.7. The average Bonchev–Trinajstić information content (AvgIpc) is 2.63. The highest BCUT2D eigenvalue weighted by Gasteiger charge is 2.33. The Labute approximate surface area is 128 Å². The summed E-state index contributed by atoms with van der Waals surface area (Å²) in [5, 5.41) is 2.58. The van der Waals surface area contributed by atoms with Gasteiger partial charge in [0.25, 0.3) is 0 Å². The molecule has 1 unspecified atom stereocenters. The Morgan fingerprint density at radius 1 is 1.43 bits per heavy atom. The number of carbonyl (C=O) groups excluding carboxylic acids is 1. The molecule has 0 aliphatic carbocycles. The first-order valence-corrected chi connectivity index (χ1v) is 7.24. The number of alkyl halides is 3. The van der Waals surface area contributed by atoms with Gasteiger partial charge in [-0.3, -0.25) is 4.79 Å². The number of carbonyl (C=O) groups is 1. The summed E-state index contributed by atoms with van der Waals surface area (Å²) in [6.45, 7) is 1.03. The van der Waals surface area contributed by atoms with Crippen LogP contribution in [0.15, 0.2) is 16.6 Å². The van der Waals surface area contributed by atoms with Gasteiger partial charge in [0, 0.05) is 22.3 Å². The van der Waals surface area contributed by atoms with Gasteiger partial charge in [0.2, 0.25) is 5.91 Å². The van der Waals surface area contributed by atoms with E-state index in [1.54, 1.807) is 6.07 Å². The van der Waals surface area contributed by atoms with E-state index in [1.807, 2.05) is 6.92 Å². The lowest BCUT2D eigenvalue weighted by molar-refractivity contribution is -0.120. The molecule has 4 nitrogen and oxygen atoms in total. The minimum absolute atomic E-state index is 0.261. The van der Waals surface area contributed by atoms with Crippen LogP contribution in [0.3, 0.4) is 0 Å². The number of rotatable bonds is 4. The van der Waals surface area contributed by atoms with Gasteiger partial charge in [-0.05, 0) is 34.5 Å². The summed E-state index contributed by atoms with van der Waals surface area (Å²) >= 11 is 3.27. The molecule has 0 radical (unpaired) electrons. The van der Waals surface area contributed by atoms with E-state index in [0.29, 0.717) is 27.8 Å². The second kappa shape index (κ2) is 5.84. The fourth-order valence-corrected chi connectivity index (χ4v) is 2.92. The molecule has 8 heteroatoms. The molecule has 0 fully saturated rings. The van der Waals surface area contributed by atoms with Crippen LogP contribution in [0.25, 0.3) is 0 Å². The summed E-state index contributed by atoms with van der Waals surface area (Å²) in [5.74, 6) is -0.355. The normalized spacial score (nSPS) is 17.6. The first-order chi connectivity index (χ1) is 9.73. The van der Waals surface area contributed by atoms with Gasteiger partial charge in [0.05, 0.1) is 5.69 Å². The monoisotopic (exact) mass is 365 g/mol. The molecule has 2 rings (SSSR count). The van der Waals surface area contributed by atoms with E-state index in [0.717, 1.165) is 0 Å². The van der Waals surface area contributed by atoms with Crippen LogP contribution in [0, 0.1) is 0 Å². The molecule has 0 spiro atoms. The number of benzene rings is 1. The van der Waals surface area contributed by atoms with E-state index in [1.165, 1.54) is 11.0 Å². The molecule has 0 saturated carbocycles. The summed E-state index contributed by atoms with van der Waals surface area (Å²) in [6.07, 6.45) is -3.72. The first kappa shape index (κ1) is 16.1. The molecule has 1 amide bonds. The lowest BCUT2D eigenvalue weighted by Crippen LogP contribution is -2.35. The lowest BCUT2D eigenvalue weighted by Gasteiger charge is -2.27. The Kier molecular flexibility index (Phi) is 4.48. The van der Waals surface area contributed by atoms with Crippen LogP contribution >= 0.6 is 15.9 Å². The number of nitrogens with one attached hydrogen (secondary N) is 1. The zero-order valence-electron chi connectivity index (χ0n) is 11.3. The third-order valence-electron chi connectivity index (χ3n) is 3.20. The fraction of sp³-hybridized carbons (Fsp3) is 0.462. The Morgan fingerprint density at radius 2 is 2.10 bits per heavy atom. The van der Waals surface area contributed by atoms with Gasteiger partial charge in [-0.2, -0.15) is 13.2 Å². The molecule has 116 valence electrons. The van der Waals surface area contributed by atoms with Crippen molar-refractivity contribution in [2.75, 3.05) is 23.3 Å². The zero-order chi connectivity index (χ0) is 15.8. The van der Waals surface area contributed by atoms with Crippen LogP contribution in [0.5, 0.6) is 0 Å². The topological polar surface area (TPSA) is 58.4 Å². The van der Waals surface area contributed by atoms with E-state index in [2.05, 4.69) is 21.2 Å². The highest BCUT2D eigenvalue weighted by molar-refractivity contribution is 9.10. The SMILES string of the molecule is CCCN(CC(F)(F)F)c1cc2c(cc1Br)C(N)C(=O)N2. The van der Waals surface area contributed by atoms with Crippen LogP contribution < -0.4 is 16.0 Å². The largest absolute Gasteiger partial charge is 0.405 e. The number of hydrogen-bond donors (Lipinski definition) is 2. The van der Waals surface area contributed by atoms with Crippen LogP contribution in [0.2, 0.25) is 0 Å². The maximum Gasteiger partial charge on any atom is 0.405 e. The Hall–Kier alpha value is -1.28. The number of nitrogens with two attached hydrogens (primary N) is 1. The summed E-state index contributed by atoms with van der Waals surface area (Å²) in [7, 11) is 0. The van der Waals surface area contributed by atoms with Crippen molar-refractivity contribution >= 4 is 33.2 Å². The summed E-state index contributed by atoms with van der Waals surface area (Å²) in [4.78, 5) is 12.8. The number of amides is 1. The molecular formula is C13H15BrF3N3O. The quantitative estimate of drug-likeness (QED) is 0.861. The third-order valence-corrected chi connectivity index (χ3v) is 3.83. The van der Waals surface area contributed by atoms with Crippen molar-refractivity contribution < 1.29 is 18.0 Å². The summed E-state index contributed by atoms with van der Waals surface area (Å²) in [5.41, 5.74) is 7.16. The standard InChI is InChI=1S/C13H15BrF3N3O/c1-2-3-20(6-13(15,16)17)10-5-9-7(4-8(10)14)11(18)12(21)19-9/h4-5,11H,2-3,6,18H2,1H3,(H,19,21). The molecule has 0 aromatic heterocycles. The minimum Gasteiger partial charge on any atom is -0.362 e. The number of fused-ring (bicyclic) bond motifs is 1. The summed E-state index contributed by atoms with van der Waals surface area (Å²) < 4.78 is 38.6. The van der Waals surface area contributed by atoms with Gasteiger partial charge in [0.1, 0.15) is 12.6 Å². The Bertz CT molecular complexity index is 562. The van der Waals surface area contributed by atoms with Crippen molar-refractivity contribution in [3.8, 4) is 0 Å². The molecule has 1 heterocycles. The van der Waals surface area contributed by atoms with Crippen LogP contribution in [0.4, 0.5) is 24.5 Å². The number of halogens is 4. The maximum atomic E-state index is 12.7. The van der Waals surface area contributed by atoms with Crippen molar-refractivity contribution in [3.63, 3.8) is 0 Å². The molecule has 1 aromatic carbocycles. The second-order valence-electron chi connectivity index (χ2n) is 4.89. The van der Waals surface area contributed by atoms with Gasteiger partial charge in [0.15, 0.2) is 0 Å². The second-order valence-corrected chi connectivity index (χ2v) is 5.75. The van der Waals surface area contributed by atoms with E-state index in [9.17, 15) is 18.0 Å². The van der Waals surface area contributed by atoms with E-state index in [4.69, 9.17) is 5.73 Å². The van der Waals surface area contributed by atoms with Crippen LogP contribution in [-0.4, -0.2) is 25.2 Å². The van der Waals surface area contributed by atoms with Crippen molar-refractivity contribution in [2.45, 2.75) is 25.6 Å². The predicted molar refractivity (Wildman–Crippen MR) is 78.3 cm³/mol. The molecule has 0 saturated heterocycles. The number of hydrogen-bond acceptors (Lipinski definition) is 3. The summed E-state index contributed by atoms with van der Waals surface area (Å²) in [6, 6.07) is 2.35. The van der Waals surface area contributed by atoms with Crippen LogP contribution in [0.1, 0.15) is 24.9 Å². The van der Waals surface area contributed by atoms with E-state index >= 15 is 0 Å². The molecule has 3 N–H and O–H groups in total. The molecular weight excluding hydrogens is 351 g/mol. The first-order valence-electron chi connectivity index (χ1n) is 6.44. The van der Waals surface area contributed by atoms with E-state index in [-0.39, 0.29) is 12.5 Å². The van der Waals surface area contributed by atoms with Crippen molar-refractivity contribution in [1.82, 2.24) is 0 Å². The molecule has 0 bridgehead atoms. The highest BCUT2D eigenvalue weighted by atomic mass is 79.9. The smallest absolute Gasteiger partial charge is 0.362 e. The zero-order valence-corrected chi connectivity index (χ0v) is 12.9. The average molecular weight is 366 g/mol. The van der Waals surface area contributed by atoms with Crippen LogP contribution in [-0.2, 0) is 4.79 Å². The predicted octanol–water partition coefficient (Wildman–Crippen LogP) is 3.18. The Balaban J connectivity index is 2.38. The fourth-order valence-electron chi connectivity index (χ4n) is 2.31. The van der Waals surface area contributed by atoms with Crippen molar-refractivity contribution in [1.29, 1.82) is 0 Å². The van der Waals surface area contributed by atoms with Gasteiger partial charge in [-0.15, -0.1) is 0 Å². The molecule has 21 heavy (non-hydrogen) atoms. The van der Waals surface area contributed by atoms with Crippen molar-refractivity contribution in [2.24, 2.45) is 5.73 Å². The van der Waals surface area contributed by atoms with Gasteiger partial charge in [-0.1, -0.05) is 6.92 Å². The highest BCUT2D eigenvalue weighted by Crippen LogP contribution is 2.39. The minimum atomic E-state index is -4.30.